The third kappa shape index (κ3) is 155. The fraction of sp³-hybridized carbons (Fsp3) is 0.571. The van der Waals surface area contributed by atoms with Crippen molar-refractivity contribution in [1.82, 2.24) is 0 Å². The molecule has 0 saturated carbocycles. The van der Waals surface area contributed by atoms with Gasteiger partial charge in [-0.3, -0.25) is 9.59 Å². The van der Waals surface area contributed by atoms with Crippen LogP contribution >= 0.6 is 0 Å². The molecule has 0 heterocycles. The number of hydrogen-bond donors (Lipinski definition) is 1. The zero-order valence-electron chi connectivity index (χ0n) is 15.3. The Balaban J connectivity index is -0.0000000508. The van der Waals surface area contributed by atoms with E-state index in [1.54, 1.807) is 6.92 Å². The van der Waals surface area contributed by atoms with E-state index in [1.807, 2.05) is 0 Å². The minimum Gasteiger partial charge on any atom is -0.550 e. The molecule has 148 valence electrons. The average Bonchev–Trinajstić information content (AvgIpc) is 2.24. The summed E-state index contributed by atoms with van der Waals surface area (Å²) in [5, 5.41) is 43.9. The van der Waals surface area contributed by atoms with Gasteiger partial charge < -0.3 is 44.7 Å². The van der Waals surface area contributed by atoms with Gasteiger partial charge in [0.2, 0.25) is 0 Å². The van der Waals surface area contributed by atoms with Crippen molar-refractivity contribution < 1.29 is 54.3 Å². The SMILES string of the molecule is CC(=O)[O-].CC(=O)[O-].CC(=O)[O-].CC(=O)[O-].CCC(C(C)=O)C(=O)O.[Sn+4]. The van der Waals surface area contributed by atoms with Crippen LogP contribution in [0.5, 0.6) is 0 Å². The number of rotatable bonds is 3. The van der Waals surface area contributed by atoms with Crippen molar-refractivity contribution in [2.75, 3.05) is 0 Å². The van der Waals surface area contributed by atoms with Gasteiger partial charge in [0.05, 0.1) is 0 Å². The Morgan fingerprint density at radius 3 is 0.846 bits per heavy atom. The first-order valence-electron chi connectivity index (χ1n) is 6.46. The number of carboxylic acids is 5. The van der Waals surface area contributed by atoms with Gasteiger partial charge in [-0.25, -0.2) is 0 Å². The second-order valence-electron chi connectivity index (χ2n) is 3.88. The zero-order valence-corrected chi connectivity index (χ0v) is 18.2. The van der Waals surface area contributed by atoms with Crippen LogP contribution in [-0.4, -0.2) is 64.6 Å². The molecule has 1 atom stereocenters. The smallest absolute Gasteiger partial charge is 0.550 e. The van der Waals surface area contributed by atoms with E-state index in [0.29, 0.717) is 6.42 Å². The Morgan fingerprint density at radius 1 is 0.692 bits per heavy atom. The first kappa shape index (κ1) is 39.1. The Kier molecular flexibility index (Phi) is 41.6. The van der Waals surface area contributed by atoms with Crippen LogP contribution in [0.3, 0.4) is 0 Å². The van der Waals surface area contributed by atoms with Gasteiger partial charge in [0, 0.05) is 23.9 Å². The number of Topliss-reactive ketones (excluding diaryl/α,β-unsaturated/α-hetero) is 1. The van der Waals surface area contributed by atoms with E-state index < -0.39 is 35.8 Å². The van der Waals surface area contributed by atoms with Gasteiger partial charge in [-0.15, -0.1) is 0 Å². The van der Waals surface area contributed by atoms with Gasteiger partial charge in [0.15, 0.2) is 0 Å². The van der Waals surface area contributed by atoms with Gasteiger partial charge in [0.25, 0.3) is 0 Å². The molecule has 0 rings (SSSR count). The third-order valence-corrected chi connectivity index (χ3v) is 1.20. The average molecular weight is 485 g/mol. The predicted octanol–water partition coefficient (Wildman–Crippen LogP) is -4.67. The van der Waals surface area contributed by atoms with Crippen LogP contribution in [0.2, 0.25) is 0 Å². The summed E-state index contributed by atoms with van der Waals surface area (Å²) in [6.45, 7) is 6.86. The minimum atomic E-state index is -1.08. The predicted molar refractivity (Wildman–Crippen MR) is 80.6 cm³/mol. The second-order valence-corrected chi connectivity index (χ2v) is 3.88. The Hall–Kier alpha value is -2.18. The van der Waals surface area contributed by atoms with E-state index in [4.69, 9.17) is 44.7 Å². The maximum Gasteiger partial charge on any atom is 4.00 e. The van der Waals surface area contributed by atoms with Crippen molar-refractivity contribution in [3.8, 4) is 0 Å². The van der Waals surface area contributed by atoms with Crippen molar-refractivity contribution in [3.63, 3.8) is 0 Å². The van der Waals surface area contributed by atoms with Crippen molar-refractivity contribution >= 4 is 59.5 Å². The standard InChI is InChI=1S/C6H10O3.4C2H4O2.Sn/c1-3-5(4(2)7)6(8)9;4*1-2(3)4;/h5H,3H2,1-2H3,(H,8,9);4*1H3,(H,3,4);/q;;;;;+4/p-4. The van der Waals surface area contributed by atoms with Gasteiger partial charge in [-0.05, 0) is 41.0 Å². The minimum absolute atomic E-state index is 0. The van der Waals surface area contributed by atoms with Crippen LogP contribution in [0.4, 0.5) is 0 Å². The van der Waals surface area contributed by atoms with Crippen molar-refractivity contribution in [1.29, 1.82) is 0 Å². The van der Waals surface area contributed by atoms with Crippen LogP contribution in [0.1, 0.15) is 48.0 Å². The summed E-state index contributed by atoms with van der Waals surface area (Å²) >= 11 is 0. The largest absolute Gasteiger partial charge is 4.00 e. The molecule has 1 unspecified atom stereocenters. The fourth-order valence-electron chi connectivity index (χ4n) is 0.636. The molecule has 0 saturated heterocycles. The van der Waals surface area contributed by atoms with Crippen LogP contribution in [0.15, 0.2) is 0 Å². The fourth-order valence-corrected chi connectivity index (χ4v) is 0.636. The molecule has 0 aromatic heterocycles. The van der Waals surface area contributed by atoms with Crippen LogP contribution in [0.25, 0.3) is 0 Å². The van der Waals surface area contributed by atoms with E-state index in [-0.39, 0.29) is 29.7 Å². The zero-order chi connectivity index (χ0) is 21.7. The number of aliphatic carboxylic acids is 5. The normalized spacial score (nSPS) is 8.23. The van der Waals surface area contributed by atoms with E-state index >= 15 is 0 Å². The maximum atomic E-state index is 10.4. The summed E-state index contributed by atoms with van der Waals surface area (Å²) in [6.07, 6.45) is 0.380. The number of carboxylic acid groups (broad SMARTS) is 5. The number of carbonyl (C=O) groups excluding carboxylic acids is 5. The summed E-state index contributed by atoms with van der Waals surface area (Å²) < 4.78 is 0. The summed E-state index contributed by atoms with van der Waals surface area (Å²) in [5.74, 6) is -6.43. The molecule has 0 aromatic carbocycles. The van der Waals surface area contributed by atoms with E-state index in [9.17, 15) is 9.59 Å². The third-order valence-electron chi connectivity index (χ3n) is 1.20. The first-order valence-corrected chi connectivity index (χ1v) is 6.46. The summed E-state index contributed by atoms with van der Waals surface area (Å²) in [7, 11) is 0. The van der Waals surface area contributed by atoms with E-state index in [1.165, 1.54) is 6.92 Å². The Morgan fingerprint density at radius 2 is 0.846 bits per heavy atom. The quantitative estimate of drug-likeness (QED) is 0.296. The Labute approximate surface area is 168 Å². The van der Waals surface area contributed by atoms with E-state index in [0.717, 1.165) is 27.7 Å². The molecular weight excluding hydrogens is 463 g/mol. The molecule has 0 fully saturated rings. The molecule has 0 aliphatic heterocycles. The summed E-state index contributed by atoms with van der Waals surface area (Å²) in [5.41, 5.74) is 0. The van der Waals surface area contributed by atoms with Crippen LogP contribution in [-0.2, 0) is 28.8 Å². The first-order chi connectivity index (χ1) is 11.0. The molecule has 0 aliphatic rings. The molecule has 12 heteroatoms. The van der Waals surface area contributed by atoms with Crippen molar-refractivity contribution in [2.45, 2.75) is 48.0 Å². The van der Waals surface area contributed by atoms with Gasteiger partial charge in [-0.1, -0.05) is 6.92 Å². The van der Waals surface area contributed by atoms with Crippen LogP contribution < -0.4 is 20.4 Å². The molecule has 26 heavy (non-hydrogen) atoms. The van der Waals surface area contributed by atoms with Crippen molar-refractivity contribution in [3.05, 3.63) is 0 Å². The van der Waals surface area contributed by atoms with E-state index in [2.05, 4.69) is 0 Å². The summed E-state index contributed by atoms with van der Waals surface area (Å²) in [4.78, 5) is 56.1. The maximum absolute atomic E-state index is 10.4. The van der Waals surface area contributed by atoms with Crippen molar-refractivity contribution in [2.24, 2.45) is 5.92 Å². The topological polar surface area (TPSA) is 215 Å². The van der Waals surface area contributed by atoms with Crippen LogP contribution in [0, 0.1) is 5.92 Å². The monoisotopic (exact) mass is 486 g/mol. The number of carbonyl (C=O) groups is 6. The van der Waals surface area contributed by atoms with Gasteiger partial charge >= 0.3 is 29.9 Å². The molecule has 11 nitrogen and oxygen atoms in total. The molecule has 0 amide bonds. The molecule has 0 aromatic rings. The molecule has 0 aliphatic carbocycles. The molecule has 0 spiro atoms. The number of hydrogen-bond acceptors (Lipinski definition) is 10. The summed E-state index contributed by atoms with van der Waals surface area (Å²) in [6, 6.07) is 0. The molecular formula is C14H22O11Sn. The number of ketones is 1. The molecule has 0 radical (unpaired) electrons. The van der Waals surface area contributed by atoms with Gasteiger partial charge in [-0.2, -0.15) is 0 Å². The second kappa shape index (κ2) is 27.7. The Bertz CT molecular complexity index is 355. The molecule has 0 bridgehead atoms. The van der Waals surface area contributed by atoms with Gasteiger partial charge in [0.1, 0.15) is 11.7 Å². The molecule has 1 N–H and O–H groups in total.